The molecule has 5 heteroatoms. The number of carbonyl (C=O) groups is 2. The lowest BCUT2D eigenvalue weighted by Gasteiger charge is -2.24. The minimum Gasteiger partial charge on any atom is -0.340 e. The number of rotatable bonds is 7. The Kier molecular flexibility index (Phi) is 8.46. The van der Waals surface area contributed by atoms with Crippen LogP contribution in [0.4, 0.5) is 4.79 Å². The minimum atomic E-state index is -0.264. The standard InChI is InChI=1S/C15H31N3O2/c1-7-16-14(20)18(12-8-11-17(5)6)13(19)9-10-15(2,3)4/h7-12H2,1-6H3,(H,16,20)/p+1. The van der Waals surface area contributed by atoms with E-state index in [0.717, 1.165) is 19.4 Å². The van der Waals surface area contributed by atoms with E-state index in [4.69, 9.17) is 0 Å². The first kappa shape index (κ1) is 18.9. The minimum absolute atomic E-state index is 0.0698. The number of amides is 3. The average Bonchev–Trinajstić information content (AvgIpc) is 2.30. The predicted molar refractivity (Wildman–Crippen MR) is 81.8 cm³/mol. The van der Waals surface area contributed by atoms with Gasteiger partial charge < -0.3 is 10.2 Å². The fraction of sp³-hybridized carbons (Fsp3) is 0.867. The maximum Gasteiger partial charge on any atom is 0.324 e. The molecule has 0 radical (unpaired) electrons. The Morgan fingerprint density at radius 3 is 2.25 bits per heavy atom. The first-order valence-electron chi connectivity index (χ1n) is 7.54. The van der Waals surface area contributed by atoms with Gasteiger partial charge in [-0.2, -0.15) is 0 Å². The fourth-order valence-electron chi connectivity index (χ4n) is 1.79. The molecule has 0 aliphatic heterocycles. The highest BCUT2D eigenvalue weighted by Gasteiger charge is 2.22. The quantitative estimate of drug-likeness (QED) is 0.731. The Hall–Kier alpha value is -1.10. The maximum absolute atomic E-state index is 12.2. The van der Waals surface area contributed by atoms with Crippen LogP contribution >= 0.6 is 0 Å². The summed E-state index contributed by atoms with van der Waals surface area (Å²) >= 11 is 0. The third-order valence-corrected chi connectivity index (χ3v) is 3.02. The lowest BCUT2D eigenvalue weighted by Crippen LogP contribution is -3.05. The molecule has 20 heavy (non-hydrogen) atoms. The lowest BCUT2D eigenvalue weighted by molar-refractivity contribution is -0.858. The Morgan fingerprint density at radius 1 is 1.20 bits per heavy atom. The van der Waals surface area contributed by atoms with Gasteiger partial charge in [0.25, 0.3) is 0 Å². The molecule has 0 fully saturated rings. The monoisotopic (exact) mass is 286 g/mol. The van der Waals surface area contributed by atoms with Crippen LogP contribution in [0.5, 0.6) is 0 Å². The van der Waals surface area contributed by atoms with Crippen LogP contribution in [0.25, 0.3) is 0 Å². The summed E-state index contributed by atoms with van der Waals surface area (Å²) < 4.78 is 0. The Balaban J connectivity index is 4.50. The number of carbonyl (C=O) groups excluding carboxylic acids is 2. The van der Waals surface area contributed by atoms with Crippen molar-refractivity contribution in [3.63, 3.8) is 0 Å². The van der Waals surface area contributed by atoms with Crippen molar-refractivity contribution in [1.29, 1.82) is 0 Å². The highest BCUT2D eigenvalue weighted by atomic mass is 16.2. The second-order valence-corrected chi connectivity index (χ2v) is 6.75. The SMILES string of the molecule is CCNC(=O)N(CCC[NH+](C)C)C(=O)CCC(C)(C)C. The summed E-state index contributed by atoms with van der Waals surface area (Å²) in [4.78, 5) is 26.9. The van der Waals surface area contributed by atoms with Gasteiger partial charge in [-0.15, -0.1) is 0 Å². The summed E-state index contributed by atoms with van der Waals surface area (Å²) in [6.45, 7) is 10.2. The first-order chi connectivity index (χ1) is 9.17. The van der Waals surface area contributed by atoms with Crippen LogP contribution in [0, 0.1) is 5.41 Å². The van der Waals surface area contributed by atoms with Gasteiger partial charge >= 0.3 is 6.03 Å². The summed E-state index contributed by atoms with van der Waals surface area (Å²) in [5.74, 6) is -0.0698. The molecule has 0 aliphatic carbocycles. The third kappa shape index (κ3) is 8.91. The first-order valence-corrected chi connectivity index (χ1v) is 7.54. The van der Waals surface area contributed by atoms with Gasteiger partial charge in [-0.25, -0.2) is 4.79 Å². The number of hydrogen-bond acceptors (Lipinski definition) is 2. The van der Waals surface area contributed by atoms with Crippen LogP contribution in [0.2, 0.25) is 0 Å². The fourth-order valence-corrected chi connectivity index (χ4v) is 1.79. The van der Waals surface area contributed by atoms with Crippen molar-refractivity contribution in [3.05, 3.63) is 0 Å². The van der Waals surface area contributed by atoms with E-state index in [2.05, 4.69) is 40.2 Å². The zero-order valence-electron chi connectivity index (χ0n) is 14.0. The van der Waals surface area contributed by atoms with E-state index >= 15 is 0 Å². The highest BCUT2D eigenvalue weighted by molar-refractivity contribution is 5.94. The van der Waals surface area contributed by atoms with Crippen molar-refractivity contribution in [2.75, 3.05) is 33.7 Å². The van der Waals surface area contributed by atoms with Gasteiger partial charge in [0.15, 0.2) is 0 Å². The van der Waals surface area contributed by atoms with Crippen LogP contribution in [0.3, 0.4) is 0 Å². The Bertz CT molecular complexity index is 309. The van der Waals surface area contributed by atoms with E-state index < -0.39 is 0 Å². The van der Waals surface area contributed by atoms with Crippen molar-refractivity contribution >= 4 is 11.9 Å². The molecule has 3 amide bonds. The maximum atomic E-state index is 12.2. The summed E-state index contributed by atoms with van der Waals surface area (Å²) in [6, 6.07) is -0.264. The van der Waals surface area contributed by atoms with Gasteiger partial charge in [0.1, 0.15) is 0 Å². The Labute approximate surface area is 123 Å². The normalized spacial score (nSPS) is 11.6. The molecule has 0 aromatic carbocycles. The molecule has 0 rings (SSSR count). The van der Waals surface area contributed by atoms with Crippen molar-refractivity contribution in [2.45, 2.75) is 47.0 Å². The smallest absolute Gasteiger partial charge is 0.324 e. The molecule has 0 atom stereocenters. The molecule has 0 saturated heterocycles. The number of hydrogen-bond donors (Lipinski definition) is 2. The van der Waals surface area contributed by atoms with Gasteiger partial charge in [-0.3, -0.25) is 9.69 Å². The molecule has 118 valence electrons. The van der Waals surface area contributed by atoms with Gasteiger partial charge in [-0.05, 0) is 18.8 Å². The topological polar surface area (TPSA) is 53.9 Å². The zero-order chi connectivity index (χ0) is 15.8. The molecule has 0 aromatic heterocycles. The summed E-state index contributed by atoms with van der Waals surface area (Å²) in [6.07, 6.45) is 2.05. The summed E-state index contributed by atoms with van der Waals surface area (Å²) in [7, 11) is 4.13. The van der Waals surface area contributed by atoms with Crippen molar-refractivity contribution in [1.82, 2.24) is 10.2 Å². The number of urea groups is 1. The second-order valence-electron chi connectivity index (χ2n) is 6.75. The number of nitrogens with one attached hydrogen (secondary N) is 2. The molecular weight excluding hydrogens is 254 g/mol. The van der Waals surface area contributed by atoms with E-state index in [0.29, 0.717) is 19.5 Å². The van der Waals surface area contributed by atoms with E-state index in [1.807, 2.05) is 6.92 Å². The zero-order valence-corrected chi connectivity index (χ0v) is 14.0. The molecule has 2 N–H and O–H groups in total. The predicted octanol–water partition coefficient (Wildman–Crippen LogP) is 0.905. The number of imide groups is 1. The van der Waals surface area contributed by atoms with Gasteiger partial charge in [0.05, 0.1) is 20.6 Å². The molecule has 0 aromatic rings. The molecule has 0 spiro atoms. The molecule has 0 saturated carbocycles. The van der Waals surface area contributed by atoms with Gasteiger partial charge in [0.2, 0.25) is 5.91 Å². The van der Waals surface area contributed by atoms with Crippen molar-refractivity contribution in [3.8, 4) is 0 Å². The third-order valence-electron chi connectivity index (χ3n) is 3.02. The largest absolute Gasteiger partial charge is 0.340 e. The van der Waals surface area contributed by atoms with Crippen molar-refractivity contribution < 1.29 is 14.5 Å². The molecular formula is C15H32N3O2+. The average molecular weight is 286 g/mol. The second kappa shape index (κ2) is 8.95. The van der Waals surface area contributed by atoms with Gasteiger partial charge in [-0.1, -0.05) is 20.8 Å². The van der Waals surface area contributed by atoms with E-state index in [9.17, 15) is 9.59 Å². The van der Waals surface area contributed by atoms with E-state index in [1.54, 1.807) is 0 Å². The van der Waals surface area contributed by atoms with Gasteiger partial charge in [0, 0.05) is 25.9 Å². The lowest BCUT2D eigenvalue weighted by atomic mass is 9.90. The van der Waals surface area contributed by atoms with Crippen LogP contribution < -0.4 is 10.2 Å². The van der Waals surface area contributed by atoms with Crippen LogP contribution in [0.1, 0.15) is 47.0 Å². The summed E-state index contributed by atoms with van der Waals surface area (Å²) in [5, 5.41) is 2.72. The van der Waals surface area contributed by atoms with Crippen molar-refractivity contribution in [2.24, 2.45) is 5.41 Å². The number of nitrogens with zero attached hydrogens (tertiary/aromatic N) is 1. The molecule has 5 nitrogen and oxygen atoms in total. The summed E-state index contributed by atoms with van der Waals surface area (Å²) in [5.41, 5.74) is 0.107. The molecule has 0 aliphatic rings. The highest BCUT2D eigenvalue weighted by Crippen LogP contribution is 2.21. The molecule has 0 bridgehead atoms. The Morgan fingerprint density at radius 2 is 1.80 bits per heavy atom. The van der Waals surface area contributed by atoms with Crippen LogP contribution in [-0.2, 0) is 4.79 Å². The van der Waals surface area contributed by atoms with Crippen LogP contribution in [0.15, 0.2) is 0 Å². The van der Waals surface area contributed by atoms with E-state index in [-0.39, 0.29) is 17.4 Å². The van der Waals surface area contributed by atoms with E-state index in [1.165, 1.54) is 9.80 Å². The number of quaternary nitrogens is 1. The molecule has 0 heterocycles. The van der Waals surface area contributed by atoms with Crippen LogP contribution in [-0.4, -0.2) is 50.6 Å². The molecule has 0 unspecified atom stereocenters.